The summed E-state index contributed by atoms with van der Waals surface area (Å²) in [7, 11) is -3.61. The van der Waals surface area contributed by atoms with Gasteiger partial charge in [0, 0.05) is 5.41 Å². The lowest BCUT2D eigenvalue weighted by molar-refractivity contribution is -0.141. The third-order valence-corrected chi connectivity index (χ3v) is 8.07. The summed E-state index contributed by atoms with van der Waals surface area (Å²) in [5.41, 5.74) is -0.123. The van der Waals surface area contributed by atoms with Crippen LogP contribution < -0.4 is 0 Å². The molecule has 0 unspecified atom stereocenters. The standard InChI is InChI=1S/C18H26NO6P/c1-3-18(4-2)10-24-26(22,25-11-18)23-8-7-19-16(20)14-12-5-6-13(9-12)15(14)17(19)21/h5-6,12-15H,3-4,7-11H2,1-2H3/t12-,13-,14-,15+/m0/s1. The largest absolute Gasteiger partial charge is 0.474 e. The molecule has 2 aliphatic heterocycles. The van der Waals surface area contributed by atoms with E-state index in [4.69, 9.17) is 13.6 Å². The first kappa shape index (κ1) is 18.4. The number of likely N-dealkylation sites (tertiary alicyclic amines) is 1. The fourth-order valence-electron chi connectivity index (χ4n) is 4.67. The fourth-order valence-corrected chi connectivity index (χ4v) is 6.06. The minimum Gasteiger partial charge on any atom is -0.286 e. The Kier molecular flexibility index (Phi) is 4.63. The van der Waals surface area contributed by atoms with Crippen LogP contribution in [-0.2, 0) is 27.7 Å². The zero-order valence-corrected chi connectivity index (χ0v) is 16.2. The summed E-state index contributed by atoms with van der Waals surface area (Å²) in [6, 6.07) is 0. The molecule has 0 aromatic carbocycles. The molecule has 26 heavy (non-hydrogen) atoms. The maximum absolute atomic E-state index is 12.6. The molecule has 0 spiro atoms. The van der Waals surface area contributed by atoms with Gasteiger partial charge in [-0.15, -0.1) is 0 Å². The van der Waals surface area contributed by atoms with Gasteiger partial charge in [0.15, 0.2) is 0 Å². The zero-order chi connectivity index (χ0) is 18.5. The van der Waals surface area contributed by atoms with E-state index in [1.54, 1.807) is 0 Å². The minimum absolute atomic E-state index is 0.0395. The van der Waals surface area contributed by atoms with E-state index in [2.05, 4.69) is 26.0 Å². The second-order valence-corrected chi connectivity index (χ2v) is 9.53. The normalized spacial score (nSPS) is 36.8. The van der Waals surface area contributed by atoms with Gasteiger partial charge in [-0.25, -0.2) is 4.57 Å². The van der Waals surface area contributed by atoms with Crippen molar-refractivity contribution in [2.45, 2.75) is 33.1 Å². The maximum atomic E-state index is 12.6. The number of amides is 2. The molecule has 7 nitrogen and oxygen atoms in total. The molecule has 2 amide bonds. The molecule has 0 radical (unpaired) electrons. The average molecular weight is 383 g/mol. The van der Waals surface area contributed by atoms with Crippen LogP contribution in [-0.4, -0.2) is 43.1 Å². The van der Waals surface area contributed by atoms with Crippen LogP contribution in [0.2, 0.25) is 0 Å². The monoisotopic (exact) mass is 383 g/mol. The van der Waals surface area contributed by atoms with Gasteiger partial charge in [-0.05, 0) is 31.1 Å². The van der Waals surface area contributed by atoms with Gasteiger partial charge in [-0.3, -0.25) is 28.1 Å². The van der Waals surface area contributed by atoms with Crippen LogP contribution in [0.5, 0.6) is 0 Å². The predicted molar refractivity (Wildman–Crippen MR) is 92.9 cm³/mol. The first-order valence-corrected chi connectivity index (χ1v) is 11.0. The number of hydrogen-bond acceptors (Lipinski definition) is 6. The first-order chi connectivity index (χ1) is 12.4. The van der Waals surface area contributed by atoms with Gasteiger partial charge in [0.25, 0.3) is 0 Å². The molecular weight excluding hydrogens is 357 g/mol. The van der Waals surface area contributed by atoms with Crippen molar-refractivity contribution < 1.29 is 27.7 Å². The molecular formula is C18H26NO6P. The van der Waals surface area contributed by atoms with Crippen LogP contribution in [0.4, 0.5) is 0 Å². The van der Waals surface area contributed by atoms with Crippen molar-refractivity contribution in [1.29, 1.82) is 0 Å². The van der Waals surface area contributed by atoms with Gasteiger partial charge >= 0.3 is 7.82 Å². The predicted octanol–water partition coefficient (Wildman–Crippen LogP) is 2.77. The van der Waals surface area contributed by atoms with E-state index in [9.17, 15) is 14.2 Å². The molecule has 2 aliphatic carbocycles. The van der Waals surface area contributed by atoms with Gasteiger partial charge in [0.05, 0.1) is 38.2 Å². The van der Waals surface area contributed by atoms with Crippen molar-refractivity contribution in [1.82, 2.24) is 4.90 Å². The Morgan fingerprint density at radius 1 is 1.12 bits per heavy atom. The van der Waals surface area contributed by atoms with Crippen molar-refractivity contribution in [3.63, 3.8) is 0 Å². The summed E-state index contributed by atoms with van der Waals surface area (Å²) < 4.78 is 28.7. The highest BCUT2D eigenvalue weighted by molar-refractivity contribution is 7.48. The highest BCUT2D eigenvalue weighted by Gasteiger charge is 2.59. The molecule has 2 bridgehead atoms. The number of phosphoric acid groups is 1. The molecule has 8 heteroatoms. The van der Waals surface area contributed by atoms with Crippen LogP contribution in [0.15, 0.2) is 12.2 Å². The second-order valence-electron chi connectivity index (χ2n) is 7.86. The quantitative estimate of drug-likeness (QED) is 0.399. The lowest BCUT2D eigenvalue weighted by Gasteiger charge is -2.37. The van der Waals surface area contributed by atoms with Crippen molar-refractivity contribution >= 4 is 19.6 Å². The van der Waals surface area contributed by atoms with E-state index in [1.165, 1.54) is 4.90 Å². The van der Waals surface area contributed by atoms with E-state index >= 15 is 0 Å². The number of nitrogens with zero attached hydrogens (tertiary/aromatic N) is 1. The van der Waals surface area contributed by atoms with Gasteiger partial charge < -0.3 is 0 Å². The number of carbonyl (C=O) groups excluding carboxylic acids is 2. The van der Waals surface area contributed by atoms with Crippen LogP contribution in [0.25, 0.3) is 0 Å². The maximum Gasteiger partial charge on any atom is 0.474 e. The van der Waals surface area contributed by atoms with Crippen molar-refractivity contribution in [3.8, 4) is 0 Å². The number of rotatable bonds is 6. The van der Waals surface area contributed by atoms with Crippen LogP contribution >= 0.6 is 7.82 Å². The van der Waals surface area contributed by atoms with Crippen LogP contribution in [0.1, 0.15) is 33.1 Å². The third-order valence-electron chi connectivity index (χ3n) is 6.68. The Bertz CT molecular complexity index is 643. The van der Waals surface area contributed by atoms with Gasteiger partial charge in [-0.2, -0.15) is 0 Å². The summed E-state index contributed by atoms with van der Waals surface area (Å²) in [4.78, 5) is 26.5. The first-order valence-electron chi connectivity index (χ1n) is 9.49. The number of hydrogen-bond donors (Lipinski definition) is 0. The van der Waals surface area contributed by atoms with E-state index in [-0.39, 0.29) is 54.1 Å². The molecule has 4 aliphatic rings. The number of fused-ring (bicyclic) bond motifs is 5. The molecule has 2 heterocycles. The highest BCUT2D eigenvalue weighted by atomic mass is 31.2. The van der Waals surface area contributed by atoms with Crippen molar-refractivity contribution in [2.75, 3.05) is 26.4 Å². The molecule has 0 aromatic heterocycles. The Balaban J connectivity index is 1.31. The average Bonchev–Trinajstić information content (AvgIpc) is 3.32. The Morgan fingerprint density at radius 2 is 1.65 bits per heavy atom. The number of phosphoric ester groups is 1. The van der Waals surface area contributed by atoms with Crippen LogP contribution in [0.3, 0.4) is 0 Å². The molecule has 144 valence electrons. The third kappa shape index (κ3) is 2.80. The van der Waals surface area contributed by atoms with Crippen molar-refractivity contribution in [3.05, 3.63) is 12.2 Å². The Hall–Kier alpha value is -1.01. The van der Waals surface area contributed by atoms with Gasteiger partial charge in [-0.1, -0.05) is 26.0 Å². The topological polar surface area (TPSA) is 82.1 Å². The summed E-state index contributed by atoms with van der Waals surface area (Å²) in [6.07, 6.45) is 6.78. The Morgan fingerprint density at radius 3 is 2.15 bits per heavy atom. The number of carbonyl (C=O) groups is 2. The molecule has 3 fully saturated rings. The van der Waals surface area contributed by atoms with Gasteiger partial charge in [0.2, 0.25) is 11.8 Å². The number of allylic oxidation sites excluding steroid dienone is 2. The SMILES string of the molecule is CCC1(CC)COP(=O)(OCCN2C(=O)[C@@H]3[C@H](C2=O)[C@H]2C=C[C@H]3C2)OC1. The molecule has 0 N–H and O–H groups in total. The lowest BCUT2D eigenvalue weighted by atomic mass is 9.84. The summed E-state index contributed by atoms with van der Waals surface area (Å²) in [6.45, 7) is 4.82. The summed E-state index contributed by atoms with van der Waals surface area (Å²) in [5.74, 6) is -0.310. The lowest BCUT2D eigenvalue weighted by Crippen LogP contribution is -2.37. The molecule has 2 saturated heterocycles. The molecule has 4 rings (SSSR count). The zero-order valence-electron chi connectivity index (χ0n) is 15.3. The van der Waals surface area contributed by atoms with E-state index in [0.29, 0.717) is 13.2 Å². The minimum atomic E-state index is -3.61. The molecule has 4 atom stereocenters. The smallest absolute Gasteiger partial charge is 0.286 e. The van der Waals surface area contributed by atoms with E-state index in [0.717, 1.165) is 19.3 Å². The number of imide groups is 1. The summed E-state index contributed by atoms with van der Waals surface area (Å²) >= 11 is 0. The van der Waals surface area contributed by atoms with Crippen LogP contribution in [0, 0.1) is 29.1 Å². The van der Waals surface area contributed by atoms with E-state index in [1.807, 2.05) is 0 Å². The summed E-state index contributed by atoms with van der Waals surface area (Å²) in [5, 5.41) is 0. The Labute approximate surface area is 153 Å². The highest BCUT2D eigenvalue weighted by Crippen LogP contribution is 2.56. The van der Waals surface area contributed by atoms with Crippen molar-refractivity contribution in [2.24, 2.45) is 29.1 Å². The molecule has 1 saturated carbocycles. The second kappa shape index (κ2) is 6.55. The fraction of sp³-hybridized carbons (Fsp3) is 0.778. The van der Waals surface area contributed by atoms with E-state index < -0.39 is 7.82 Å². The molecule has 0 aromatic rings. The van der Waals surface area contributed by atoms with Gasteiger partial charge in [0.1, 0.15) is 0 Å².